The van der Waals surface area contributed by atoms with Gasteiger partial charge in [-0.3, -0.25) is 9.59 Å². The third kappa shape index (κ3) is 3.72. The Morgan fingerprint density at radius 2 is 2.00 bits per heavy atom. The van der Waals surface area contributed by atoms with Crippen LogP contribution in [-0.2, 0) is 4.79 Å². The van der Waals surface area contributed by atoms with Crippen LogP contribution in [0.5, 0.6) is 5.75 Å². The molecule has 0 atom stereocenters. The minimum Gasteiger partial charge on any atom is -0.427 e. The number of nitrogens with one attached hydrogen (secondary N) is 1. The maximum atomic E-state index is 12.0. The third-order valence-electron chi connectivity index (χ3n) is 2.88. The second-order valence-electron chi connectivity index (χ2n) is 5.34. The van der Waals surface area contributed by atoms with Crippen molar-refractivity contribution < 1.29 is 18.7 Å². The van der Waals surface area contributed by atoms with E-state index in [4.69, 9.17) is 9.15 Å². The quantitative estimate of drug-likeness (QED) is 0.531. The lowest BCUT2D eigenvalue weighted by Gasteiger charge is -2.07. The average Bonchev–Trinajstić information content (AvgIpc) is 2.43. The average molecular weight is 303 g/mol. The molecule has 0 bridgehead atoms. The molecule has 116 valence electrons. The van der Waals surface area contributed by atoms with Crippen LogP contribution in [-0.4, -0.2) is 18.4 Å². The summed E-state index contributed by atoms with van der Waals surface area (Å²) in [6, 6.07) is 6.09. The molecule has 0 spiro atoms. The van der Waals surface area contributed by atoms with Gasteiger partial charge in [-0.15, -0.1) is 0 Å². The number of carbonyl (C=O) groups excluding carboxylic acids is 2. The van der Waals surface area contributed by atoms with E-state index in [9.17, 15) is 14.4 Å². The van der Waals surface area contributed by atoms with Crippen LogP contribution in [0.4, 0.5) is 0 Å². The molecule has 0 saturated heterocycles. The fourth-order valence-electron chi connectivity index (χ4n) is 1.87. The van der Waals surface area contributed by atoms with E-state index < -0.39 is 17.5 Å². The lowest BCUT2D eigenvalue weighted by molar-refractivity contribution is -0.131. The van der Waals surface area contributed by atoms with Crippen LogP contribution in [0.15, 0.2) is 33.5 Å². The van der Waals surface area contributed by atoms with Gasteiger partial charge in [0.15, 0.2) is 0 Å². The Balaban J connectivity index is 2.35. The predicted molar refractivity (Wildman–Crippen MR) is 81.0 cm³/mol. The summed E-state index contributed by atoms with van der Waals surface area (Å²) in [6.07, 6.45) is 0. The molecule has 1 aromatic heterocycles. The first-order valence-corrected chi connectivity index (χ1v) is 6.91. The Kier molecular flexibility index (Phi) is 4.60. The number of benzene rings is 1. The zero-order valence-corrected chi connectivity index (χ0v) is 12.6. The van der Waals surface area contributed by atoms with E-state index in [1.54, 1.807) is 12.1 Å². The van der Waals surface area contributed by atoms with Gasteiger partial charge in [0, 0.05) is 24.9 Å². The third-order valence-corrected chi connectivity index (χ3v) is 2.88. The van der Waals surface area contributed by atoms with Gasteiger partial charge in [-0.25, -0.2) is 4.79 Å². The Bertz CT molecular complexity index is 776. The van der Waals surface area contributed by atoms with Crippen molar-refractivity contribution in [2.75, 3.05) is 6.54 Å². The van der Waals surface area contributed by atoms with Gasteiger partial charge in [-0.05, 0) is 24.1 Å². The standard InChI is InChI=1S/C16H17NO5/c1-9(2)8-17-15(19)13-6-11-4-5-12(21-10(3)18)7-14(11)22-16(13)20/h4-7,9H,8H2,1-3H3,(H,17,19). The molecule has 0 saturated carbocycles. The minimum absolute atomic E-state index is 0.0478. The molecular formula is C16H17NO5. The summed E-state index contributed by atoms with van der Waals surface area (Å²) in [6.45, 7) is 5.67. The molecule has 6 nitrogen and oxygen atoms in total. The maximum absolute atomic E-state index is 12.0. The molecule has 1 aromatic carbocycles. The number of fused-ring (bicyclic) bond motifs is 1. The first-order valence-electron chi connectivity index (χ1n) is 6.91. The molecule has 0 aliphatic heterocycles. The van der Waals surface area contributed by atoms with Crippen LogP contribution in [0, 0.1) is 5.92 Å². The highest BCUT2D eigenvalue weighted by molar-refractivity contribution is 5.96. The Labute approximate surface area is 127 Å². The van der Waals surface area contributed by atoms with E-state index in [0.717, 1.165) is 0 Å². The molecule has 0 unspecified atom stereocenters. The van der Waals surface area contributed by atoms with Gasteiger partial charge in [-0.1, -0.05) is 13.8 Å². The molecule has 1 N–H and O–H groups in total. The van der Waals surface area contributed by atoms with Gasteiger partial charge in [0.05, 0.1) is 0 Å². The molecule has 2 aromatic rings. The van der Waals surface area contributed by atoms with Crippen molar-refractivity contribution in [3.63, 3.8) is 0 Å². The predicted octanol–water partition coefficient (Wildman–Crippen LogP) is 2.10. The lowest BCUT2D eigenvalue weighted by Crippen LogP contribution is -2.31. The summed E-state index contributed by atoms with van der Waals surface area (Å²) >= 11 is 0. The fourth-order valence-corrected chi connectivity index (χ4v) is 1.87. The number of hydrogen-bond donors (Lipinski definition) is 1. The van der Waals surface area contributed by atoms with Gasteiger partial charge < -0.3 is 14.5 Å². The van der Waals surface area contributed by atoms with Gasteiger partial charge in [-0.2, -0.15) is 0 Å². The number of rotatable bonds is 4. The first-order chi connectivity index (χ1) is 10.4. The second-order valence-corrected chi connectivity index (χ2v) is 5.34. The summed E-state index contributed by atoms with van der Waals surface area (Å²) in [5, 5.41) is 3.25. The molecule has 22 heavy (non-hydrogen) atoms. The summed E-state index contributed by atoms with van der Waals surface area (Å²) in [7, 11) is 0. The zero-order valence-electron chi connectivity index (χ0n) is 12.6. The smallest absolute Gasteiger partial charge is 0.349 e. The fraction of sp³-hybridized carbons (Fsp3) is 0.312. The molecule has 6 heteroatoms. The summed E-state index contributed by atoms with van der Waals surface area (Å²) in [5.41, 5.74) is -0.522. The number of hydrogen-bond acceptors (Lipinski definition) is 5. The lowest BCUT2D eigenvalue weighted by atomic mass is 10.1. The van der Waals surface area contributed by atoms with Crippen LogP contribution >= 0.6 is 0 Å². The molecule has 1 amide bonds. The summed E-state index contributed by atoms with van der Waals surface area (Å²) in [5.74, 6) is -0.373. The van der Waals surface area contributed by atoms with Crippen LogP contribution in [0.2, 0.25) is 0 Å². The Hall–Kier alpha value is -2.63. The van der Waals surface area contributed by atoms with E-state index in [1.807, 2.05) is 13.8 Å². The largest absolute Gasteiger partial charge is 0.427 e. The van der Waals surface area contributed by atoms with Crippen molar-refractivity contribution in [2.45, 2.75) is 20.8 Å². The zero-order chi connectivity index (χ0) is 16.3. The maximum Gasteiger partial charge on any atom is 0.349 e. The summed E-state index contributed by atoms with van der Waals surface area (Å²) < 4.78 is 10.1. The second kappa shape index (κ2) is 6.43. The normalized spacial score (nSPS) is 10.7. The SMILES string of the molecule is CC(=O)Oc1ccc2cc(C(=O)NCC(C)C)c(=O)oc2c1. The van der Waals surface area contributed by atoms with Gasteiger partial charge in [0.2, 0.25) is 0 Å². The van der Waals surface area contributed by atoms with Crippen LogP contribution in [0.1, 0.15) is 31.1 Å². The van der Waals surface area contributed by atoms with Crippen molar-refractivity contribution in [3.8, 4) is 5.75 Å². The van der Waals surface area contributed by atoms with Crippen molar-refractivity contribution in [1.29, 1.82) is 0 Å². The molecule has 1 heterocycles. The van der Waals surface area contributed by atoms with Gasteiger partial charge in [0.25, 0.3) is 5.91 Å². The number of carbonyl (C=O) groups is 2. The van der Waals surface area contributed by atoms with Crippen LogP contribution in [0.3, 0.4) is 0 Å². The number of ether oxygens (including phenoxy) is 1. The topological polar surface area (TPSA) is 85.6 Å². The molecule has 0 radical (unpaired) electrons. The highest BCUT2D eigenvalue weighted by Gasteiger charge is 2.14. The van der Waals surface area contributed by atoms with Gasteiger partial charge >= 0.3 is 11.6 Å². The molecule has 0 aliphatic rings. The Morgan fingerprint density at radius 1 is 1.27 bits per heavy atom. The highest BCUT2D eigenvalue weighted by atomic mass is 16.5. The monoisotopic (exact) mass is 303 g/mol. The van der Waals surface area contributed by atoms with E-state index in [2.05, 4.69) is 5.32 Å². The molecule has 0 fully saturated rings. The molecule has 0 aliphatic carbocycles. The van der Waals surface area contributed by atoms with Crippen molar-refractivity contribution in [3.05, 3.63) is 40.2 Å². The van der Waals surface area contributed by atoms with E-state index in [1.165, 1.54) is 19.1 Å². The molecule has 2 rings (SSSR count). The van der Waals surface area contributed by atoms with Gasteiger partial charge in [0.1, 0.15) is 16.9 Å². The van der Waals surface area contributed by atoms with Crippen LogP contribution < -0.4 is 15.7 Å². The van der Waals surface area contributed by atoms with E-state index >= 15 is 0 Å². The minimum atomic E-state index is -0.728. The van der Waals surface area contributed by atoms with Crippen molar-refractivity contribution >= 4 is 22.8 Å². The van der Waals surface area contributed by atoms with Crippen LogP contribution in [0.25, 0.3) is 11.0 Å². The number of esters is 1. The summed E-state index contributed by atoms with van der Waals surface area (Å²) in [4.78, 5) is 34.8. The van der Waals surface area contributed by atoms with Crippen molar-refractivity contribution in [2.24, 2.45) is 5.92 Å². The van der Waals surface area contributed by atoms with Crippen molar-refractivity contribution in [1.82, 2.24) is 5.32 Å². The molecular weight excluding hydrogens is 286 g/mol. The Morgan fingerprint density at radius 3 is 2.64 bits per heavy atom. The first kappa shape index (κ1) is 15.8. The van der Waals surface area contributed by atoms with E-state index in [0.29, 0.717) is 11.9 Å². The highest BCUT2D eigenvalue weighted by Crippen LogP contribution is 2.20. The number of amides is 1. The van der Waals surface area contributed by atoms with E-state index in [-0.39, 0.29) is 22.8 Å².